The number of rotatable bonds is 8. The van der Waals surface area contributed by atoms with Gasteiger partial charge in [0.15, 0.2) is 5.78 Å². The van der Waals surface area contributed by atoms with Gasteiger partial charge in [-0.2, -0.15) is 0 Å². The first kappa shape index (κ1) is 21.2. The van der Waals surface area contributed by atoms with Crippen LogP contribution < -0.4 is 4.90 Å². The molecule has 1 aliphatic rings. The number of ketones is 1. The first-order valence-electron chi connectivity index (χ1n) is 10.5. The van der Waals surface area contributed by atoms with Crippen LogP contribution in [0, 0.1) is 5.82 Å². The molecule has 0 unspecified atom stereocenters. The number of para-hydroxylation sites is 1. The average molecular weight is 397 g/mol. The maximum absolute atomic E-state index is 13.0. The highest BCUT2D eigenvalue weighted by molar-refractivity contribution is 5.96. The zero-order chi connectivity index (χ0) is 20.6. The highest BCUT2D eigenvalue weighted by Crippen LogP contribution is 2.24. The minimum Gasteiger partial charge on any atom is -0.309 e. The van der Waals surface area contributed by atoms with Crippen molar-refractivity contribution in [3.63, 3.8) is 0 Å². The third-order valence-corrected chi connectivity index (χ3v) is 5.57. The molecule has 154 valence electrons. The number of Topliss-reactive ketones (excluding diaryl/α,β-unsaturated/α-hetero) is 1. The topological polar surface area (TPSA) is 40.6 Å². The molecule has 1 saturated heterocycles. The fraction of sp³-hybridized carbons (Fsp3) is 0.417. The molecule has 1 aliphatic heterocycles. The minimum absolute atomic E-state index is 0.0590. The molecule has 2 aromatic carbocycles. The van der Waals surface area contributed by atoms with E-state index in [-0.39, 0.29) is 23.5 Å². The summed E-state index contributed by atoms with van der Waals surface area (Å²) in [5.41, 5.74) is 1.55. The molecule has 1 fully saturated rings. The largest absolute Gasteiger partial charge is 0.309 e. The lowest BCUT2D eigenvalue weighted by Gasteiger charge is -2.38. The van der Waals surface area contributed by atoms with Gasteiger partial charge in [-0.25, -0.2) is 4.39 Å². The molecule has 0 N–H and O–H groups in total. The molecule has 29 heavy (non-hydrogen) atoms. The van der Waals surface area contributed by atoms with Gasteiger partial charge in [0.25, 0.3) is 0 Å². The van der Waals surface area contributed by atoms with Gasteiger partial charge in [-0.05, 0) is 62.2 Å². The first-order valence-corrected chi connectivity index (χ1v) is 10.5. The van der Waals surface area contributed by atoms with Gasteiger partial charge in [0, 0.05) is 43.2 Å². The molecule has 0 radical (unpaired) electrons. The standard InChI is InChI=1S/C24H29FN2O2/c1-2-24(29)27(21-7-4-3-5-8-21)22-14-17-26(18-15-22)16-6-9-23(28)19-10-12-20(25)13-11-19/h3-5,7-8,10-13,22H,2,6,9,14-18H2,1H3. The number of amides is 1. The monoisotopic (exact) mass is 396 g/mol. The number of carbonyl (C=O) groups excluding carboxylic acids is 2. The van der Waals surface area contributed by atoms with E-state index in [1.54, 1.807) is 12.1 Å². The predicted octanol–water partition coefficient (Wildman–Crippen LogP) is 4.70. The number of likely N-dealkylation sites (tertiary alicyclic amines) is 1. The second kappa shape index (κ2) is 10.3. The SMILES string of the molecule is CCC(=O)N(c1ccccc1)C1CCN(CCCC(=O)c2ccc(F)cc2)CC1. The lowest BCUT2D eigenvalue weighted by Crippen LogP contribution is -2.47. The third kappa shape index (κ3) is 5.73. The Labute approximate surface area is 172 Å². The molecular formula is C24H29FN2O2. The number of hydrogen-bond donors (Lipinski definition) is 0. The molecule has 0 bridgehead atoms. The molecule has 1 heterocycles. The van der Waals surface area contributed by atoms with Crippen molar-refractivity contribution in [1.82, 2.24) is 4.90 Å². The molecule has 0 spiro atoms. The summed E-state index contributed by atoms with van der Waals surface area (Å²) in [6.45, 7) is 4.63. The summed E-state index contributed by atoms with van der Waals surface area (Å²) in [6.07, 6.45) is 3.63. The third-order valence-electron chi connectivity index (χ3n) is 5.57. The zero-order valence-corrected chi connectivity index (χ0v) is 17.0. The second-order valence-corrected chi connectivity index (χ2v) is 7.56. The van der Waals surface area contributed by atoms with Crippen molar-refractivity contribution in [2.45, 2.75) is 45.1 Å². The Balaban J connectivity index is 1.47. The van der Waals surface area contributed by atoms with E-state index in [9.17, 15) is 14.0 Å². The van der Waals surface area contributed by atoms with Crippen molar-refractivity contribution in [3.05, 3.63) is 66.0 Å². The van der Waals surface area contributed by atoms with Gasteiger partial charge in [0.2, 0.25) is 5.91 Å². The molecule has 5 heteroatoms. The van der Waals surface area contributed by atoms with E-state index in [4.69, 9.17) is 0 Å². The smallest absolute Gasteiger partial charge is 0.226 e. The molecule has 4 nitrogen and oxygen atoms in total. The fourth-order valence-corrected chi connectivity index (χ4v) is 3.96. The number of halogens is 1. The summed E-state index contributed by atoms with van der Waals surface area (Å²) in [5.74, 6) is -0.0984. The number of benzene rings is 2. The van der Waals surface area contributed by atoms with E-state index in [2.05, 4.69) is 4.90 Å². The predicted molar refractivity (Wildman–Crippen MR) is 114 cm³/mol. The Morgan fingerprint density at radius 1 is 1.03 bits per heavy atom. The summed E-state index contributed by atoms with van der Waals surface area (Å²) >= 11 is 0. The van der Waals surface area contributed by atoms with Crippen LogP contribution in [0.2, 0.25) is 0 Å². The molecule has 1 amide bonds. The van der Waals surface area contributed by atoms with E-state index < -0.39 is 0 Å². The zero-order valence-electron chi connectivity index (χ0n) is 17.0. The van der Waals surface area contributed by atoms with Crippen molar-refractivity contribution in [1.29, 1.82) is 0 Å². The number of anilines is 1. The summed E-state index contributed by atoms with van der Waals surface area (Å²) in [7, 11) is 0. The van der Waals surface area contributed by atoms with E-state index in [0.717, 1.165) is 44.6 Å². The lowest BCUT2D eigenvalue weighted by atomic mass is 10.0. The van der Waals surface area contributed by atoms with Gasteiger partial charge in [0.05, 0.1) is 0 Å². The lowest BCUT2D eigenvalue weighted by molar-refractivity contribution is -0.119. The van der Waals surface area contributed by atoms with Crippen LogP contribution in [0.25, 0.3) is 0 Å². The van der Waals surface area contributed by atoms with Crippen molar-refractivity contribution in [2.75, 3.05) is 24.5 Å². The summed E-state index contributed by atoms with van der Waals surface area (Å²) in [6, 6.07) is 15.9. The van der Waals surface area contributed by atoms with Gasteiger partial charge in [-0.1, -0.05) is 25.1 Å². The van der Waals surface area contributed by atoms with E-state index in [1.165, 1.54) is 12.1 Å². The number of carbonyl (C=O) groups is 2. The molecule has 0 atom stereocenters. The molecule has 0 saturated carbocycles. The second-order valence-electron chi connectivity index (χ2n) is 7.56. The van der Waals surface area contributed by atoms with Crippen molar-refractivity contribution >= 4 is 17.4 Å². The molecule has 0 aliphatic carbocycles. The van der Waals surface area contributed by atoms with Crippen LogP contribution in [0.4, 0.5) is 10.1 Å². The van der Waals surface area contributed by atoms with E-state index in [0.29, 0.717) is 18.4 Å². The number of nitrogens with zero attached hydrogens (tertiary/aromatic N) is 2. The van der Waals surface area contributed by atoms with Gasteiger partial charge >= 0.3 is 0 Å². The molecule has 0 aromatic heterocycles. The van der Waals surface area contributed by atoms with Gasteiger partial charge in [0.1, 0.15) is 5.82 Å². The maximum atomic E-state index is 13.0. The average Bonchev–Trinajstić information content (AvgIpc) is 2.76. The highest BCUT2D eigenvalue weighted by atomic mass is 19.1. The highest BCUT2D eigenvalue weighted by Gasteiger charge is 2.28. The Kier molecular flexibility index (Phi) is 7.53. The van der Waals surface area contributed by atoms with Crippen molar-refractivity contribution in [2.24, 2.45) is 0 Å². The number of piperidine rings is 1. The van der Waals surface area contributed by atoms with E-state index in [1.807, 2.05) is 42.2 Å². The Morgan fingerprint density at radius 3 is 2.31 bits per heavy atom. The van der Waals surface area contributed by atoms with Crippen molar-refractivity contribution in [3.8, 4) is 0 Å². The summed E-state index contributed by atoms with van der Waals surface area (Å²) < 4.78 is 13.0. The van der Waals surface area contributed by atoms with Crippen LogP contribution in [0.15, 0.2) is 54.6 Å². The Hall–Kier alpha value is -2.53. The van der Waals surface area contributed by atoms with Crippen molar-refractivity contribution < 1.29 is 14.0 Å². The van der Waals surface area contributed by atoms with Crippen LogP contribution in [-0.2, 0) is 4.79 Å². The van der Waals surface area contributed by atoms with Gasteiger partial charge in [-0.15, -0.1) is 0 Å². The Bertz CT molecular complexity index is 799. The van der Waals surface area contributed by atoms with Gasteiger partial charge < -0.3 is 9.80 Å². The minimum atomic E-state index is -0.324. The summed E-state index contributed by atoms with van der Waals surface area (Å²) in [4.78, 5) is 29.1. The van der Waals surface area contributed by atoms with Gasteiger partial charge in [-0.3, -0.25) is 9.59 Å². The van der Waals surface area contributed by atoms with Crippen LogP contribution in [-0.4, -0.2) is 42.3 Å². The van der Waals surface area contributed by atoms with Crippen LogP contribution in [0.5, 0.6) is 0 Å². The summed E-state index contributed by atoms with van der Waals surface area (Å²) in [5, 5.41) is 0. The molecular weight excluding hydrogens is 367 g/mol. The quantitative estimate of drug-likeness (QED) is 0.608. The molecule has 3 rings (SSSR count). The van der Waals surface area contributed by atoms with E-state index >= 15 is 0 Å². The molecule has 2 aromatic rings. The van der Waals surface area contributed by atoms with Crippen LogP contribution >= 0.6 is 0 Å². The number of hydrogen-bond acceptors (Lipinski definition) is 3. The fourth-order valence-electron chi connectivity index (χ4n) is 3.96. The maximum Gasteiger partial charge on any atom is 0.226 e. The Morgan fingerprint density at radius 2 is 1.69 bits per heavy atom. The normalized spacial score (nSPS) is 15.2. The van der Waals surface area contributed by atoms with Crippen LogP contribution in [0.1, 0.15) is 49.4 Å². The van der Waals surface area contributed by atoms with Crippen LogP contribution in [0.3, 0.4) is 0 Å². The first-order chi connectivity index (χ1) is 14.1.